The Hall–Kier alpha value is -3.09. The number of anilines is 3. The maximum atomic E-state index is 12.9. The SMILES string of the molecule is O=c1c2ccccc2oc2cc(N3c4ccc(Br)cc4Oc4cc(Br)ccc43)ccc12. The average Bonchev–Trinajstić information content (AvgIpc) is 2.77. The minimum absolute atomic E-state index is 0.0287. The van der Waals surface area contributed by atoms with Crippen molar-refractivity contribution < 1.29 is 9.15 Å². The first-order valence-electron chi connectivity index (χ1n) is 9.61. The van der Waals surface area contributed by atoms with Crippen LogP contribution >= 0.6 is 31.9 Å². The highest BCUT2D eigenvalue weighted by molar-refractivity contribution is 9.10. The van der Waals surface area contributed by atoms with Crippen LogP contribution in [0.4, 0.5) is 17.1 Å². The lowest BCUT2D eigenvalue weighted by Crippen LogP contribution is -2.16. The summed E-state index contributed by atoms with van der Waals surface area (Å²) < 4.78 is 14.1. The minimum Gasteiger partial charge on any atom is -0.456 e. The van der Waals surface area contributed by atoms with E-state index in [2.05, 4.69) is 36.8 Å². The molecule has 6 heteroatoms. The Kier molecular flexibility index (Phi) is 4.20. The van der Waals surface area contributed by atoms with Crippen LogP contribution in [0.5, 0.6) is 11.5 Å². The summed E-state index contributed by atoms with van der Waals surface area (Å²) in [5.74, 6) is 1.47. The molecule has 6 rings (SSSR count). The van der Waals surface area contributed by atoms with Crippen molar-refractivity contribution in [3.63, 3.8) is 0 Å². The summed E-state index contributed by atoms with van der Waals surface area (Å²) in [6, 6.07) is 24.9. The topological polar surface area (TPSA) is 42.7 Å². The second-order valence-electron chi connectivity index (χ2n) is 7.27. The van der Waals surface area contributed by atoms with Gasteiger partial charge in [0.2, 0.25) is 5.43 Å². The van der Waals surface area contributed by atoms with Crippen LogP contribution in [0, 0.1) is 0 Å². The summed E-state index contributed by atoms with van der Waals surface area (Å²) >= 11 is 7.05. The van der Waals surface area contributed by atoms with E-state index in [9.17, 15) is 4.79 Å². The molecule has 2 heterocycles. The van der Waals surface area contributed by atoms with Gasteiger partial charge < -0.3 is 14.1 Å². The molecule has 4 nitrogen and oxygen atoms in total. The van der Waals surface area contributed by atoms with Gasteiger partial charge in [-0.15, -0.1) is 0 Å². The Bertz CT molecular complexity index is 1520. The minimum atomic E-state index is -0.0287. The zero-order chi connectivity index (χ0) is 21.1. The van der Waals surface area contributed by atoms with Gasteiger partial charge in [0.25, 0.3) is 0 Å². The van der Waals surface area contributed by atoms with Crippen molar-refractivity contribution >= 4 is 70.9 Å². The molecule has 0 saturated carbocycles. The molecule has 0 aliphatic carbocycles. The Morgan fingerprint density at radius 2 is 1.32 bits per heavy atom. The predicted molar refractivity (Wildman–Crippen MR) is 130 cm³/mol. The summed E-state index contributed by atoms with van der Waals surface area (Å²) in [5.41, 5.74) is 3.78. The van der Waals surface area contributed by atoms with Gasteiger partial charge in [-0.3, -0.25) is 4.79 Å². The van der Waals surface area contributed by atoms with Crippen LogP contribution in [0.2, 0.25) is 0 Å². The number of benzene rings is 4. The second kappa shape index (κ2) is 6.97. The smallest absolute Gasteiger partial charge is 0.200 e. The summed E-state index contributed by atoms with van der Waals surface area (Å²) in [5, 5.41) is 1.14. The maximum Gasteiger partial charge on any atom is 0.200 e. The predicted octanol–water partition coefficient (Wildman–Crippen LogP) is 8.05. The van der Waals surface area contributed by atoms with E-state index < -0.39 is 0 Å². The van der Waals surface area contributed by atoms with Crippen molar-refractivity contribution in [3.8, 4) is 11.5 Å². The average molecular weight is 535 g/mol. The van der Waals surface area contributed by atoms with Gasteiger partial charge >= 0.3 is 0 Å². The van der Waals surface area contributed by atoms with E-state index in [4.69, 9.17) is 9.15 Å². The van der Waals surface area contributed by atoms with E-state index in [1.807, 2.05) is 72.8 Å². The van der Waals surface area contributed by atoms with E-state index in [0.29, 0.717) is 21.9 Å². The fourth-order valence-electron chi connectivity index (χ4n) is 3.96. The molecule has 0 amide bonds. The summed E-state index contributed by atoms with van der Waals surface area (Å²) in [6.45, 7) is 0. The number of para-hydroxylation sites is 1. The number of hydrogen-bond acceptors (Lipinski definition) is 4. The third-order valence-electron chi connectivity index (χ3n) is 5.37. The molecule has 5 aromatic rings. The van der Waals surface area contributed by atoms with Crippen LogP contribution in [-0.4, -0.2) is 0 Å². The zero-order valence-electron chi connectivity index (χ0n) is 15.9. The van der Waals surface area contributed by atoms with E-state index in [-0.39, 0.29) is 5.43 Å². The Morgan fingerprint density at radius 1 is 0.677 bits per heavy atom. The first-order chi connectivity index (χ1) is 15.1. The van der Waals surface area contributed by atoms with E-state index in [1.54, 1.807) is 6.07 Å². The zero-order valence-corrected chi connectivity index (χ0v) is 19.1. The van der Waals surface area contributed by atoms with Gasteiger partial charge in [-0.1, -0.05) is 44.0 Å². The number of hydrogen-bond donors (Lipinski definition) is 0. The van der Waals surface area contributed by atoms with Crippen molar-refractivity contribution in [2.24, 2.45) is 0 Å². The van der Waals surface area contributed by atoms with Gasteiger partial charge in [-0.2, -0.15) is 0 Å². The fraction of sp³-hybridized carbons (Fsp3) is 0. The van der Waals surface area contributed by atoms with Gasteiger partial charge in [0.1, 0.15) is 11.2 Å². The highest BCUT2D eigenvalue weighted by atomic mass is 79.9. The van der Waals surface area contributed by atoms with Crippen LogP contribution in [0.1, 0.15) is 0 Å². The molecule has 1 aliphatic rings. The molecule has 0 fully saturated rings. The lowest BCUT2D eigenvalue weighted by Gasteiger charge is -2.33. The van der Waals surface area contributed by atoms with Crippen molar-refractivity contribution in [2.45, 2.75) is 0 Å². The van der Waals surface area contributed by atoms with Gasteiger partial charge in [0.15, 0.2) is 11.5 Å². The molecule has 0 bridgehead atoms. The molecule has 0 atom stereocenters. The Balaban J connectivity index is 1.62. The first kappa shape index (κ1) is 18.7. The van der Waals surface area contributed by atoms with Crippen LogP contribution in [0.3, 0.4) is 0 Å². The normalized spacial score (nSPS) is 12.5. The number of ether oxygens (including phenoxy) is 1. The lowest BCUT2D eigenvalue weighted by atomic mass is 10.1. The van der Waals surface area contributed by atoms with Crippen LogP contribution in [0.25, 0.3) is 21.9 Å². The fourth-order valence-corrected chi connectivity index (χ4v) is 4.64. The van der Waals surface area contributed by atoms with Gasteiger partial charge in [-0.25, -0.2) is 0 Å². The summed E-state index contributed by atoms with van der Waals surface area (Å²) in [4.78, 5) is 15.1. The molecule has 0 unspecified atom stereocenters. The second-order valence-corrected chi connectivity index (χ2v) is 9.10. The third kappa shape index (κ3) is 2.98. The van der Waals surface area contributed by atoms with Crippen LogP contribution in [0.15, 0.2) is 97.0 Å². The van der Waals surface area contributed by atoms with Gasteiger partial charge in [0, 0.05) is 15.0 Å². The van der Waals surface area contributed by atoms with E-state index >= 15 is 0 Å². The Morgan fingerprint density at radius 3 is 2.03 bits per heavy atom. The number of halogens is 2. The van der Waals surface area contributed by atoms with Crippen molar-refractivity contribution in [1.29, 1.82) is 0 Å². The monoisotopic (exact) mass is 533 g/mol. The molecule has 150 valence electrons. The van der Waals surface area contributed by atoms with Gasteiger partial charge in [0.05, 0.1) is 27.8 Å². The summed E-state index contributed by atoms with van der Waals surface area (Å²) in [6.07, 6.45) is 0. The number of rotatable bonds is 1. The number of fused-ring (bicyclic) bond motifs is 4. The molecule has 1 aromatic heterocycles. The van der Waals surface area contributed by atoms with E-state index in [0.717, 1.165) is 37.5 Å². The quantitative estimate of drug-likeness (QED) is 0.200. The molecule has 0 saturated heterocycles. The maximum absolute atomic E-state index is 12.9. The molecular weight excluding hydrogens is 522 g/mol. The molecule has 31 heavy (non-hydrogen) atoms. The highest BCUT2D eigenvalue weighted by Gasteiger charge is 2.26. The molecule has 1 aliphatic heterocycles. The molecule has 0 spiro atoms. The highest BCUT2D eigenvalue weighted by Crippen LogP contribution is 2.51. The van der Waals surface area contributed by atoms with Crippen LogP contribution < -0.4 is 15.1 Å². The van der Waals surface area contributed by atoms with Crippen molar-refractivity contribution in [3.05, 3.63) is 98.0 Å². The largest absolute Gasteiger partial charge is 0.456 e. The van der Waals surface area contributed by atoms with Crippen LogP contribution in [-0.2, 0) is 0 Å². The number of nitrogens with zero attached hydrogens (tertiary/aromatic N) is 1. The molecule has 4 aromatic carbocycles. The van der Waals surface area contributed by atoms with Gasteiger partial charge in [-0.05, 0) is 60.7 Å². The van der Waals surface area contributed by atoms with Crippen molar-refractivity contribution in [1.82, 2.24) is 0 Å². The first-order valence-corrected chi connectivity index (χ1v) is 11.2. The van der Waals surface area contributed by atoms with Crippen molar-refractivity contribution in [2.75, 3.05) is 4.90 Å². The third-order valence-corrected chi connectivity index (χ3v) is 6.35. The molecule has 0 N–H and O–H groups in total. The molecule has 0 radical (unpaired) electrons. The van der Waals surface area contributed by atoms with E-state index in [1.165, 1.54) is 0 Å². The molecular formula is C25H13Br2NO3. The summed E-state index contributed by atoms with van der Waals surface area (Å²) in [7, 11) is 0. The standard InChI is InChI=1S/C25H13Br2NO3/c26-14-5-9-19-23(11-14)31-24-12-15(27)6-10-20(24)28(19)16-7-8-18-22(13-16)30-21-4-2-1-3-17(21)25(18)29/h1-13H. The Labute approximate surface area is 193 Å². The lowest BCUT2D eigenvalue weighted by molar-refractivity contribution is 0.476.